The first kappa shape index (κ1) is 18.1. The number of rotatable bonds is 12. The Morgan fingerprint density at radius 2 is 1.81 bits per heavy atom. The molecule has 0 saturated carbocycles. The second-order valence-electron chi connectivity index (χ2n) is 5.49. The molecule has 0 saturated heterocycles. The van der Waals surface area contributed by atoms with Crippen LogP contribution >= 0.6 is 0 Å². The first-order valence-corrected chi connectivity index (χ1v) is 8.12. The summed E-state index contributed by atoms with van der Waals surface area (Å²) in [6, 6.07) is 10.9. The second kappa shape index (κ2) is 10.8. The van der Waals surface area contributed by atoms with Crippen molar-refractivity contribution in [2.45, 2.75) is 38.5 Å². The van der Waals surface area contributed by atoms with Crippen LogP contribution in [0.25, 0.3) is 0 Å². The van der Waals surface area contributed by atoms with E-state index in [1.807, 2.05) is 0 Å². The van der Waals surface area contributed by atoms with Crippen LogP contribution in [0.3, 0.4) is 0 Å². The lowest BCUT2D eigenvalue weighted by Gasteiger charge is -2.34. The monoisotopic (exact) mass is 293 g/mol. The molecule has 0 spiro atoms. The van der Waals surface area contributed by atoms with Gasteiger partial charge in [-0.3, -0.25) is 0 Å². The van der Waals surface area contributed by atoms with Crippen LogP contribution in [0, 0.1) is 0 Å². The predicted octanol–water partition coefficient (Wildman–Crippen LogP) is 3.39. The molecule has 0 aromatic heterocycles. The molecule has 0 bridgehead atoms. The van der Waals surface area contributed by atoms with Crippen LogP contribution < -0.4 is 5.32 Å². The fourth-order valence-electron chi connectivity index (χ4n) is 2.75. The Labute approximate surface area is 130 Å². The fraction of sp³-hybridized carbons (Fsp3) is 0.667. The van der Waals surface area contributed by atoms with Gasteiger partial charge in [-0.2, -0.15) is 0 Å². The van der Waals surface area contributed by atoms with E-state index in [1.165, 1.54) is 5.56 Å². The van der Waals surface area contributed by atoms with E-state index in [2.05, 4.69) is 49.5 Å². The Hall–Kier alpha value is -0.900. The standard InChI is InChI=1S/C18H31NO2/c1-4-18(16-19-5-2,17-10-7-6-8-11-17)12-9-13-21-15-14-20-3/h6-8,10-11,19H,4-5,9,12-16H2,1-3H3. The van der Waals surface area contributed by atoms with Crippen molar-refractivity contribution < 1.29 is 9.47 Å². The smallest absolute Gasteiger partial charge is 0.0700 e. The zero-order valence-electron chi connectivity index (χ0n) is 13.9. The van der Waals surface area contributed by atoms with Gasteiger partial charge in [-0.25, -0.2) is 0 Å². The van der Waals surface area contributed by atoms with Gasteiger partial charge in [-0.1, -0.05) is 44.2 Å². The van der Waals surface area contributed by atoms with Gasteiger partial charge in [0, 0.05) is 25.7 Å². The lowest BCUT2D eigenvalue weighted by Crippen LogP contribution is -2.38. The summed E-state index contributed by atoms with van der Waals surface area (Å²) in [5.74, 6) is 0. The molecular weight excluding hydrogens is 262 g/mol. The number of hydrogen-bond donors (Lipinski definition) is 1. The minimum absolute atomic E-state index is 0.210. The number of benzene rings is 1. The van der Waals surface area contributed by atoms with Crippen molar-refractivity contribution in [1.82, 2.24) is 5.32 Å². The highest BCUT2D eigenvalue weighted by Crippen LogP contribution is 2.32. The quantitative estimate of drug-likeness (QED) is 0.599. The molecule has 0 aliphatic carbocycles. The number of hydrogen-bond acceptors (Lipinski definition) is 3. The van der Waals surface area contributed by atoms with Gasteiger partial charge in [-0.15, -0.1) is 0 Å². The van der Waals surface area contributed by atoms with E-state index in [-0.39, 0.29) is 5.41 Å². The second-order valence-corrected chi connectivity index (χ2v) is 5.49. The van der Waals surface area contributed by atoms with Gasteiger partial charge < -0.3 is 14.8 Å². The zero-order valence-corrected chi connectivity index (χ0v) is 13.9. The third-order valence-electron chi connectivity index (χ3n) is 4.15. The SMILES string of the molecule is CCNCC(CC)(CCCOCCOC)c1ccccc1. The minimum Gasteiger partial charge on any atom is -0.382 e. The Kier molecular flexibility index (Phi) is 9.31. The van der Waals surface area contributed by atoms with E-state index in [4.69, 9.17) is 9.47 Å². The molecule has 21 heavy (non-hydrogen) atoms. The molecule has 120 valence electrons. The molecule has 3 nitrogen and oxygen atoms in total. The summed E-state index contributed by atoms with van der Waals surface area (Å²) in [6.07, 6.45) is 3.37. The molecule has 1 N–H and O–H groups in total. The summed E-state index contributed by atoms with van der Waals surface area (Å²) >= 11 is 0. The van der Waals surface area contributed by atoms with Crippen LogP contribution in [0.5, 0.6) is 0 Å². The molecular formula is C18H31NO2. The molecule has 0 radical (unpaired) electrons. The van der Waals surface area contributed by atoms with Crippen LogP contribution in [0.15, 0.2) is 30.3 Å². The molecule has 1 rings (SSSR count). The average molecular weight is 293 g/mol. The first-order chi connectivity index (χ1) is 10.3. The molecule has 1 aromatic rings. The van der Waals surface area contributed by atoms with Gasteiger partial charge in [0.05, 0.1) is 13.2 Å². The molecule has 1 unspecified atom stereocenters. The number of likely N-dealkylation sites (N-methyl/N-ethyl adjacent to an activating group) is 1. The fourth-order valence-corrected chi connectivity index (χ4v) is 2.75. The van der Waals surface area contributed by atoms with Gasteiger partial charge in [0.2, 0.25) is 0 Å². The molecule has 0 fully saturated rings. The Morgan fingerprint density at radius 3 is 2.43 bits per heavy atom. The Morgan fingerprint density at radius 1 is 1.05 bits per heavy atom. The highest BCUT2D eigenvalue weighted by Gasteiger charge is 2.29. The molecule has 1 aromatic carbocycles. The predicted molar refractivity (Wildman–Crippen MR) is 88.9 cm³/mol. The maximum atomic E-state index is 5.61. The third-order valence-corrected chi connectivity index (χ3v) is 4.15. The number of ether oxygens (including phenoxy) is 2. The number of nitrogens with one attached hydrogen (secondary N) is 1. The molecule has 0 heterocycles. The zero-order chi connectivity index (χ0) is 15.4. The summed E-state index contributed by atoms with van der Waals surface area (Å²) in [5.41, 5.74) is 1.65. The van der Waals surface area contributed by atoms with Crippen LogP contribution in [0.4, 0.5) is 0 Å². The van der Waals surface area contributed by atoms with Gasteiger partial charge in [0.25, 0.3) is 0 Å². The van der Waals surface area contributed by atoms with Crippen molar-refractivity contribution in [3.05, 3.63) is 35.9 Å². The highest BCUT2D eigenvalue weighted by molar-refractivity contribution is 5.25. The van der Waals surface area contributed by atoms with Crippen molar-refractivity contribution >= 4 is 0 Å². The third kappa shape index (κ3) is 6.16. The normalized spacial score (nSPS) is 14.0. The van der Waals surface area contributed by atoms with Gasteiger partial charge in [0.1, 0.15) is 0 Å². The summed E-state index contributed by atoms with van der Waals surface area (Å²) in [7, 11) is 1.71. The lowest BCUT2D eigenvalue weighted by atomic mass is 9.74. The largest absolute Gasteiger partial charge is 0.382 e. The van der Waals surface area contributed by atoms with E-state index in [1.54, 1.807) is 7.11 Å². The first-order valence-electron chi connectivity index (χ1n) is 8.12. The Bertz CT molecular complexity index is 355. The van der Waals surface area contributed by atoms with Crippen LogP contribution in [0.1, 0.15) is 38.7 Å². The highest BCUT2D eigenvalue weighted by atomic mass is 16.5. The van der Waals surface area contributed by atoms with Crippen LogP contribution in [-0.4, -0.2) is 40.0 Å². The molecule has 1 atom stereocenters. The number of methoxy groups -OCH3 is 1. The molecule has 0 aliphatic rings. The maximum absolute atomic E-state index is 5.61. The summed E-state index contributed by atoms with van der Waals surface area (Å²) < 4.78 is 10.6. The lowest BCUT2D eigenvalue weighted by molar-refractivity contribution is 0.0661. The maximum Gasteiger partial charge on any atom is 0.0700 e. The molecule has 0 amide bonds. The topological polar surface area (TPSA) is 30.5 Å². The van der Waals surface area contributed by atoms with Crippen molar-refractivity contribution in [3.8, 4) is 0 Å². The molecule has 0 aliphatic heterocycles. The van der Waals surface area contributed by atoms with Crippen LogP contribution in [-0.2, 0) is 14.9 Å². The van der Waals surface area contributed by atoms with Crippen molar-refractivity contribution in [2.75, 3.05) is 40.0 Å². The summed E-state index contributed by atoms with van der Waals surface area (Å²) in [6.45, 7) is 8.67. The summed E-state index contributed by atoms with van der Waals surface area (Å²) in [4.78, 5) is 0. The summed E-state index contributed by atoms with van der Waals surface area (Å²) in [5, 5.41) is 3.54. The van der Waals surface area contributed by atoms with Crippen LogP contribution in [0.2, 0.25) is 0 Å². The van der Waals surface area contributed by atoms with Crippen molar-refractivity contribution in [3.63, 3.8) is 0 Å². The van der Waals surface area contributed by atoms with E-state index in [0.29, 0.717) is 13.2 Å². The van der Waals surface area contributed by atoms with E-state index < -0.39 is 0 Å². The van der Waals surface area contributed by atoms with Crippen molar-refractivity contribution in [1.29, 1.82) is 0 Å². The van der Waals surface area contributed by atoms with Gasteiger partial charge in [-0.05, 0) is 31.4 Å². The van der Waals surface area contributed by atoms with Gasteiger partial charge in [0.15, 0.2) is 0 Å². The average Bonchev–Trinajstić information content (AvgIpc) is 2.55. The Balaban J connectivity index is 2.59. The van der Waals surface area contributed by atoms with E-state index in [9.17, 15) is 0 Å². The molecule has 3 heteroatoms. The van der Waals surface area contributed by atoms with E-state index in [0.717, 1.165) is 39.0 Å². The minimum atomic E-state index is 0.210. The van der Waals surface area contributed by atoms with Crippen molar-refractivity contribution in [2.24, 2.45) is 0 Å². The van der Waals surface area contributed by atoms with E-state index >= 15 is 0 Å². The van der Waals surface area contributed by atoms with Gasteiger partial charge >= 0.3 is 0 Å².